The first-order valence-electron chi connectivity index (χ1n) is 13.1. The third-order valence-corrected chi connectivity index (χ3v) is 11.3. The van der Waals surface area contributed by atoms with Gasteiger partial charge in [0.15, 0.2) is 0 Å². The number of aliphatic hydroxyl groups is 2. The zero-order chi connectivity index (χ0) is 25.3. The van der Waals surface area contributed by atoms with Crippen LogP contribution in [0.1, 0.15) is 52.4 Å². The lowest BCUT2D eigenvalue weighted by atomic mass is 9.39. The second-order valence-electron chi connectivity index (χ2n) is 12.3. The topological polar surface area (TPSA) is 121 Å². The summed E-state index contributed by atoms with van der Waals surface area (Å²) in [5.41, 5.74) is -2.67. The normalized spacial score (nSPS) is 57.9. The van der Waals surface area contributed by atoms with Crippen molar-refractivity contribution in [3.05, 3.63) is 24.0 Å². The summed E-state index contributed by atoms with van der Waals surface area (Å²) in [5.74, 6) is -2.54. The number of aldehydes is 1. The van der Waals surface area contributed by atoms with E-state index in [9.17, 15) is 19.8 Å². The average Bonchev–Trinajstić information content (AvgIpc) is 3.01. The van der Waals surface area contributed by atoms with E-state index in [0.717, 1.165) is 18.3 Å². The van der Waals surface area contributed by atoms with E-state index in [2.05, 4.69) is 0 Å². The van der Waals surface area contributed by atoms with Gasteiger partial charge in [-0.2, -0.15) is 0 Å². The molecular weight excluding hydrogens is 468 g/mol. The predicted octanol–water partition coefficient (Wildman–Crippen LogP) is 1.75. The average molecular weight is 503 g/mol. The van der Waals surface area contributed by atoms with Crippen molar-refractivity contribution in [3.8, 4) is 0 Å². The number of rotatable bonds is 3. The number of aliphatic hydroxyl groups excluding tert-OH is 2. The van der Waals surface area contributed by atoms with Crippen molar-refractivity contribution in [2.45, 2.75) is 94.0 Å². The number of hydrogen-bond donors (Lipinski definition) is 2. The van der Waals surface area contributed by atoms with Gasteiger partial charge in [0.05, 0.1) is 48.8 Å². The summed E-state index contributed by atoms with van der Waals surface area (Å²) in [6.07, 6.45) is 6.76. The molecule has 2 N–H and O–H groups in total. The lowest BCUT2D eigenvalue weighted by molar-refractivity contribution is -0.544. The summed E-state index contributed by atoms with van der Waals surface area (Å²) in [4.78, 5) is 25.0. The molecule has 9 heteroatoms. The number of carbonyl (C=O) groups is 2. The van der Waals surface area contributed by atoms with Gasteiger partial charge in [-0.15, -0.1) is 0 Å². The number of allylic oxidation sites excluding steroid dienone is 2. The largest absolute Gasteiger partial charge is 0.494 e. The van der Waals surface area contributed by atoms with Crippen LogP contribution in [0.2, 0.25) is 0 Å². The molecule has 4 saturated carbocycles. The molecule has 36 heavy (non-hydrogen) atoms. The smallest absolute Gasteiger partial charge is 0.330 e. The Morgan fingerprint density at radius 3 is 2.72 bits per heavy atom. The zero-order valence-electron chi connectivity index (χ0n) is 20.8. The maximum atomic E-state index is 13.2. The van der Waals surface area contributed by atoms with Gasteiger partial charge >= 0.3 is 5.97 Å². The molecular formula is C27H34O9. The van der Waals surface area contributed by atoms with Gasteiger partial charge in [0.25, 0.3) is 5.97 Å². The van der Waals surface area contributed by atoms with Crippen molar-refractivity contribution in [2.75, 3.05) is 7.11 Å². The van der Waals surface area contributed by atoms with E-state index in [0.29, 0.717) is 32.1 Å². The number of esters is 1. The van der Waals surface area contributed by atoms with Crippen LogP contribution in [0.4, 0.5) is 0 Å². The van der Waals surface area contributed by atoms with Crippen molar-refractivity contribution >= 4 is 12.3 Å². The molecule has 0 aromatic heterocycles. The van der Waals surface area contributed by atoms with Crippen LogP contribution in [0.3, 0.4) is 0 Å². The number of carbonyl (C=O) groups excluding carboxylic acids is 2. The molecule has 196 valence electrons. The van der Waals surface area contributed by atoms with Gasteiger partial charge in [-0.3, -0.25) is 0 Å². The lowest BCUT2D eigenvalue weighted by Gasteiger charge is -2.74. The molecule has 6 bridgehead atoms. The second-order valence-corrected chi connectivity index (χ2v) is 12.3. The van der Waals surface area contributed by atoms with E-state index in [1.165, 1.54) is 13.2 Å². The van der Waals surface area contributed by atoms with E-state index in [1.54, 1.807) is 19.3 Å². The van der Waals surface area contributed by atoms with Crippen LogP contribution in [0.25, 0.3) is 0 Å². The highest BCUT2D eigenvalue weighted by Crippen LogP contribution is 2.75. The molecule has 8 rings (SSSR count). The molecule has 0 aromatic rings. The SMILES string of the molecule is COC(=O)/C=C/C1=CO[C@]23CC[C@H]1[C@@]2(C)[C@@H](O)[C@@H](O)[C@H]1[C@H]3CC[C@]23C[C@H]4C[C@@H](O[C@@](C)(O4)O2)[C@]13C=O. The van der Waals surface area contributed by atoms with Crippen LogP contribution in [0, 0.1) is 28.6 Å². The van der Waals surface area contributed by atoms with Crippen LogP contribution in [-0.4, -0.2) is 71.2 Å². The fraction of sp³-hybridized carbons (Fsp3) is 0.778. The monoisotopic (exact) mass is 502 g/mol. The van der Waals surface area contributed by atoms with Crippen molar-refractivity contribution in [1.29, 1.82) is 0 Å². The fourth-order valence-corrected chi connectivity index (χ4v) is 10.1. The second kappa shape index (κ2) is 6.99. The highest BCUT2D eigenvalue weighted by atomic mass is 16.9. The van der Waals surface area contributed by atoms with E-state index in [1.807, 2.05) is 6.92 Å². The highest BCUT2D eigenvalue weighted by molar-refractivity contribution is 5.82. The Morgan fingerprint density at radius 2 is 2.00 bits per heavy atom. The van der Waals surface area contributed by atoms with Crippen LogP contribution in [0.15, 0.2) is 24.0 Å². The van der Waals surface area contributed by atoms with Crippen molar-refractivity contribution < 1.29 is 43.5 Å². The van der Waals surface area contributed by atoms with Crippen LogP contribution in [-0.2, 0) is 33.3 Å². The molecule has 4 heterocycles. The first kappa shape index (κ1) is 23.3. The van der Waals surface area contributed by atoms with Gasteiger partial charge in [0.1, 0.15) is 11.9 Å². The minimum Gasteiger partial charge on any atom is -0.494 e. The Balaban J connectivity index is 1.35. The minimum atomic E-state index is -1.19. The summed E-state index contributed by atoms with van der Waals surface area (Å²) in [7, 11) is 1.32. The van der Waals surface area contributed by atoms with Crippen molar-refractivity contribution in [1.82, 2.24) is 0 Å². The van der Waals surface area contributed by atoms with Gasteiger partial charge in [-0.25, -0.2) is 4.79 Å². The molecule has 4 aliphatic heterocycles. The van der Waals surface area contributed by atoms with Gasteiger partial charge in [-0.05, 0) is 43.3 Å². The summed E-state index contributed by atoms with van der Waals surface area (Å²) in [6, 6.07) is 0. The predicted molar refractivity (Wildman–Crippen MR) is 122 cm³/mol. The molecule has 0 amide bonds. The maximum absolute atomic E-state index is 13.2. The fourth-order valence-electron chi connectivity index (χ4n) is 10.1. The van der Waals surface area contributed by atoms with Crippen LogP contribution < -0.4 is 0 Å². The standard InChI is InChI=1S/C27H34O9/c1-23-16-7-9-27(23,33-12-14(16)4-5-19(29)32-3)17-6-8-25-11-15-10-18(35-24(2,34-15)36-25)26(25,13-28)20(17)21(30)22(23)31/h4-5,12-13,15-18,20-22,30-31H,6-11H2,1-3H3/b5-4+/t15-,16-,17-,18-,20-,21+,22+,23+,24-,25-,26-,27+/m1/s1. The molecule has 9 nitrogen and oxygen atoms in total. The number of ether oxygens (including phenoxy) is 5. The first-order chi connectivity index (χ1) is 17.1. The zero-order valence-corrected chi connectivity index (χ0v) is 20.8. The maximum Gasteiger partial charge on any atom is 0.330 e. The molecule has 1 spiro atoms. The molecule has 4 aliphatic carbocycles. The third kappa shape index (κ3) is 2.37. The molecule has 3 saturated heterocycles. The van der Waals surface area contributed by atoms with Gasteiger partial charge in [0, 0.05) is 43.1 Å². The lowest BCUT2D eigenvalue weighted by Crippen LogP contribution is -2.84. The van der Waals surface area contributed by atoms with E-state index >= 15 is 0 Å². The highest BCUT2D eigenvalue weighted by Gasteiger charge is 2.83. The number of hydrogen-bond acceptors (Lipinski definition) is 9. The quantitative estimate of drug-likeness (QED) is 0.338. The number of methoxy groups -OCH3 is 1. The van der Waals surface area contributed by atoms with Gasteiger partial charge in [0.2, 0.25) is 0 Å². The first-order valence-corrected chi connectivity index (χ1v) is 13.1. The molecule has 7 fully saturated rings. The Kier molecular flexibility index (Phi) is 4.54. The summed E-state index contributed by atoms with van der Waals surface area (Å²) in [6.45, 7) is 3.75. The van der Waals surface area contributed by atoms with Crippen molar-refractivity contribution in [2.24, 2.45) is 28.6 Å². The third-order valence-electron chi connectivity index (χ3n) is 11.3. The van der Waals surface area contributed by atoms with E-state index < -0.39 is 58.2 Å². The van der Waals surface area contributed by atoms with Crippen LogP contribution in [0.5, 0.6) is 0 Å². The molecule has 12 atom stereocenters. The van der Waals surface area contributed by atoms with E-state index in [-0.39, 0.29) is 17.9 Å². The summed E-state index contributed by atoms with van der Waals surface area (Å²) < 4.78 is 30.1. The van der Waals surface area contributed by atoms with Crippen molar-refractivity contribution in [3.63, 3.8) is 0 Å². The number of fused-ring (bicyclic) bond motifs is 1. The van der Waals surface area contributed by atoms with Gasteiger partial charge in [-0.1, -0.05) is 6.92 Å². The van der Waals surface area contributed by atoms with Crippen LogP contribution >= 0.6 is 0 Å². The Hall–Kier alpha value is -1.78. The van der Waals surface area contributed by atoms with E-state index in [4.69, 9.17) is 23.7 Å². The Bertz CT molecular complexity index is 1090. The Labute approximate surface area is 209 Å². The minimum absolute atomic E-state index is 0.0601. The molecule has 0 unspecified atom stereocenters. The van der Waals surface area contributed by atoms with Gasteiger partial charge < -0.3 is 38.7 Å². The summed E-state index contributed by atoms with van der Waals surface area (Å²) in [5, 5.41) is 23.8. The molecule has 0 radical (unpaired) electrons. The molecule has 8 aliphatic rings. The molecule has 0 aromatic carbocycles. The summed E-state index contributed by atoms with van der Waals surface area (Å²) >= 11 is 0. The Morgan fingerprint density at radius 1 is 1.19 bits per heavy atom.